The van der Waals surface area contributed by atoms with Crippen LogP contribution in [0.2, 0.25) is 0 Å². The van der Waals surface area contributed by atoms with E-state index < -0.39 is 10.0 Å². The Morgan fingerprint density at radius 2 is 1.82 bits per heavy atom. The van der Waals surface area contributed by atoms with Gasteiger partial charge in [-0.05, 0) is 30.3 Å². The Labute approximate surface area is 194 Å². The third-order valence-electron chi connectivity index (χ3n) is 5.54. The minimum absolute atomic E-state index is 0.196. The van der Waals surface area contributed by atoms with E-state index in [1.54, 1.807) is 43.5 Å². The molecule has 1 amide bonds. The summed E-state index contributed by atoms with van der Waals surface area (Å²) in [5, 5.41) is 2.85. The molecular formula is C23H30N4O5S. The van der Waals surface area contributed by atoms with E-state index in [2.05, 4.69) is 10.3 Å². The molecule has 0 radical (unpaired) electrons. The monoisotopic (exact) mass is 474 g/mol. The molecule has 0 unspecified atom stereocenters. The van der Waals surface area contributed by atoms with Crippen LogP contribution < -0.4 is 14.8 Å². The normalized spacial score (nSPS) is 11.7. The van der Waals surface area contributed by atoms with E-state index in [9.17, 15) is 13.2 Å². The van der Waals surface area contributed by atoms with Crippen molar-refractivity contribution in [3.63, 3.8) is 0 Å². The molecule has 0 aliphatic carbocycles. The van der Waals surface area contributed by atoms with Crippen molar-refractivity contribution in [2.24, 2.45) is 7.05 Å². The maximum absolute atomic E-state index is 12.8. The summed E-state index contributed by atoms with van der Waals surface area (Å²) < 4.78 is 39.5. The van der Waals surface area contributed by atoms with Crippen molar-refractivity contribution < 1.29 is 22.7 Å². The summed E-state index contributed by atoms with van der Waals surface area (Å²) in [5.41, 5.74) is 1.91. The molecule has 2 aromatic carbocycles. The smallest absolute Gasteiger partial charge is 0.243 e. The quantitative estimate of drug-likeness (QED) is 0.484. The van der Waals surface area contributed by atoms with Crippen LogP contribution in [0.1, 0.15) is 26.1 Å². The number of hydrogen-bond donors (Lipinski definition) is 1. The summed E-state index contributed by atoms with van der Waals surface area (Å²) in [4.78, 5) is 17.4. The second-order valence-electron chi connectivity index (χ2n) is 7.44. The van der Waals surface area contributed by atoms with Gasteiger partial charge in [-0.25, -0.2) is 13.4 Å². The number of aryl methyl sites for hydroxylation is 2. The van der Waals surface area contributed by atoms with Crippen molar-refractivity contribution >= 4 is 32.7 Å². The van der Waals surface area contributed by atoms with Gasteiger partial charge in [0.15, 0.2) is 0 Å². The number of methoxy groups -OCH3 is 2. The molecule has 0 atom stereocenters. The number of anilines is 1. The molecule has 33 heavy (non-hydrogen) atoms. The molecule has 0 spiro atoms. The molecule has 0 saturated heterocycles. The number of nitrogens with zero attached hydrogens (tertiary/aromatic N) is 3. The zero-order valence-electron chi connectivity index (χ0n) is 19.6. The van der Waals surface area contributed by atoms with Gasteiger partial charge < -0.3 is 19.4 Å². The predicted octanol–water partition coefficient (Wildman–Crippen LogP) is 3.19. The average Bonchev–Trinajstić information content (AvgIpc) is 3.13. The van der Waals surface area contributed by atoms with Gasteiger partial charge in [0.2, 0.25) is 15.9 Å². The fourth-order valence-electron chi connectivity index (χ4n) is 3.68. The summed E-state index contributed by atoms with van der Waals surface area (Å²) >= 11 is 0. The van der Waals surface area contributed by atoms with E-state index in [1.165, 1.54) is 11.4 Å². The molecule has 9 nitrogen and oxygen atoms in total. The first kappa shape index (κ1) is 24.5. The van der Waals surface area contributed by atoms with Gasteiger partial charge in [-0.2, -0.15) is 4.31 Å². The van der Waals surface area contributed by atoms with Crippen LogP contribution in [0, 0.1) is 0 Å². The molecule has 3 rings (SSSR count). The SMILES string of the molecule is CCN(CC)S(=O)(=O)c1ccc2c(c1)nc(CCC(=O)Nc1cc(OC)ccc1OC)n2C. The third kappa shape index (κ3) is 5.12. The Bertz CT molecular complexity index is 1250. The molecule has 0 aliphatic heterocycles. The zero-order chi connectivity index (χ0) is 24.2. The lowest BCUT2D eigenvalue weighted by Gasteiger charge is -2.18. The lowest BCUT2D eigenvalue weighted by molar-refractivity contribution is -0.116. The number of fused-ring (bicyclic) bond motifs is 1. The fraction of sp³-hybridized carbons (Fsp3) is 0.391. The van der Waals surface area contributed by atoms with E-state index in [1.807, 2.05) is 25.5 Å². The van der Waals surface area contributed by atoms with Crippen molar-refractivity contribution in [1.29, 1.82) is 0 Å². The van der Waals surface area contributed by atoms with Crippen LogP contribution in [0.15, 0.2) is 41.3 Å². The van der Waals surface area contributed by atoms with Gasteiger partial charge in [-0.3, -0.25) is 4.79 Å². The van der Waals surface area contributed by atoms with Gasteiger partial charge in [0.25, 0.3) is 0 Å². The zero-order valence-corrected chi connectivity index (χ0v) is 20.4. The number of amides is 1. The van der Waals surface area contributed by atoms with Gasteiger partial charge in [0, 0.05) is 39.0 Å². The number of carbonyl (C=O) groups is 1. The topological polar surface area (TPSA) is 103 Å². The molecule has 0 bridgehead atoms. The van der Waals surface area contributed by atoms with Gasteiger partial charge in [-0.1, -0.05) is 13.8 Å². The number of aromatic nitrogens is 2. The molecule has 0 saturated carbocycles. The van der Waals surface area contributed by atoms with E-state index in [-0.39, 0.29) is 17.2 Å². The number of ether oxygens (including phenoxy) is 2. The van der Waals surface area contributed by atoms with Crippen molar-refractivity contribution in [1.82, 2.24) is 13.9 Å². The van der Waals surface area contributed by atoms with E-state index >= 15 is 0 Å². The number of nitrogens with one attached hydrogen (secondary N) is 1. The van der Waals surface area contributed by atoms with Crippen molar-refractivity contribution in [3.8, 4) is 11.5 Å². The third-order valence-corrected chi connectivity index (χ3v) is 7.59. The number of imidazole rings is 1. The van der Waals surface area contributed by atoms with Crippen LogP contribution in [0.3, 0.4) is 0 Å². The number of carbonyl (C=O) groups excluding carboxylic acids is 1. The Balaban J connectivity index is 1.77. The van der Waals surface area contributed by atoms with Gasteiger partial charge in [0.05, 0.1) is 35.8 Å². The summed E-state index contributed by atoms with van der Waals surface area (Å²) in [6, 6.07) is 10.1. The Kier molecular flexibility index (Phi) is 7.60. The van der Waals surface area contributed by atoms with Crippen molar-refractivity contribution in [2.75, 3.05) is 32.6 Å². The Hall–Kier alpha value is -3.11. The minimum Gasteiger partial charge on any atom is -0.497 e. The highest BCUT2D eigenvalue weighted by Gasteiger charge is 2.23. The van der Waals surface area contributed by atoms with Crippen LogP contribution in [-0.4, -0.2) is 55.5 Å². The average molecular weight is 475 g/mol. The van der Waals surface area contributed by atoms with Crippen LogP contribution in [0.25, 0.3) is 11.0 Å². The molecule has 1 heterocycles. The van der Waals surface area contributed by atoms with E-state index in [0.717, 1.165) is 5.52 Å². The van der Waals surface area contributed by atoms with E-state index in [0.29, 0.717) is 48.0 Å². The number of hydrogen-bond acceptors (Lipinski definition) is 6. The predicted molar refractivity (Wildman–Crippen MR) is 127 cm³/mol. The lowest BCUT2D eigenvalue weighted by atomic mass is 10.2. The maximum atomic E-state index is 12.8. The summed E-state index contributed by atoms with van der Waals surface area (Å²) in [5.74, 6) is 1.64. The summed E-state index contributed by atoms with van der Waals surface area (Å²) in [6.45, 7) is 4.42. The lowest BCUT2D eigenvalue weighted by Crippen LogP contribution is -2.30. The van der Waals surface area contributed by atoms with Gasteiger partial charge in [0.1, 0.15) is 17.3 Å². The van der Waals surface area contributed by atoms with Crippen molar-refractivity contribution in [2.45, 2.75) is 31.6 Å². The summed E-state index contributed by atoms with van der Waals surface area (Å²) in [7, 11) is 1.37. The van der Waals surface area contributed by atoms with Crippen LogP contribution in [-0.2, 0) is 28.3 Å². The summed E-state index contributed by atoms with van der Waals surface area (Å²) in [6.07, 6.45) is 0.587. The molecule has 1 aromatic heterocycles. The Morgan fingerprint density at radius 3 is 2.45 bits per heavy atom. The second-order valence-corrected chi connectivity index (χ2v) is 9.38. The first-order valence-electron chi connectivity index (χ1n) is 10.7. The van der Waals surface area contributed by atoms with Crippen LogP contribution in [0.5, 0.6) is 11.5 Å². The molecule has 0 fully saturated rings. The maximum Gasteiger partial charge on any atom is 0.243 e. The standard InChI is InChI=1S/C23H30N4O5S/c1-6-27(7-2)33(29,30)17-9-10-20-18(15-17)24-22(26(20)3)12-13-23(28)25-19-14-16(31-4)8-11-21(19)32-5/h8-11,14-15H,6-7,12-13H2,1-5H3,(H,25,28). The van der Waals surface area contributed by atoms with Gasteiger partial charge in [-0.15, -0.1) is 0 Å². The highest BCUT2D eigenvalue weighted by Crippen LogP contribution is 2.29. The van der Waals surface area contributed by atoms with Crippen molar-refractivity contribution in [3.05, 3.63) is 42.2 Å². The minimum atomic E-state index is -3.57. The first-order valence-corrected chi connectivity index (χ1v) is 12.2. The molecule has 3 aromatic rings. The fourth-order valence-corrected chi connectivity index (χ4v) is 5.15. The largest absolute Gasteiger partial charge is 0.497 e. The second kappa shape index (κ2) is 10.2. The number of sulfonamides is 1. The molecule has 10 heteroatoms. The van der Waals surface area contributed by atoms with E-state index in [4.69, 9.17) is 9.47 Å². The Morgan fingerprint density at radius 1 is 1.09 bits per heavy atom. The number of rotatable bonds is 10. The number of benzene rings is 2. The van der Waals surface area contributed by atoms with Gasteiger partial charge >= 0.3 is 0 Å². The van der Waals surface area contributed by atoms with Crippen LogP contribution in [0.4, 0.5) is 5.69 Å². The molecule has 1 N–H and O–H groups in total. The first-order chi connectivity index (χ1) is 15.7. The molecule has 178 valence electrons. The highest BCUT2D eigenvalue weighted by atomic mass is 32.2. The molecule has 0 aliphatic rings. The highest BCUT2D eigenvalue weighted by molar-refractivity contribution is 7.89. The molecular weight excluding hydrogens is 444 g/mol. The van der Waals surface area contributed by atoms with Crippen LogP contribution >= 0.6 is 0 Å².